The predicted molar refractivity (Wildman–Crippen MR) is 121 cm³/mol. The summed E-state index contributed by atoms with van der Waals surface area (Å²) in [5.74, 6) is 1.11. The third-order valence-corrected chi connectivity index (χ3v) is 4.06. The highest BCUT2D eigenvalue weighted by molar-refractivity contribution is 14.0. The largest absolute Gasteiger partial charge is 0.411 e. The van der Waals surface area contributed by atoms with Gasteiger partial charge in [-0.2, -0.15) is 13.2 Å². The maximum Gasteiger partial charge on any atom is 0.411 e. The average Bonchev–Trinajstić information content (AvgIpc) is 2.62. The topological polar surface area (TPSA) is 54.9 Å². The van der Waals surface area contributed by atoms with Crippen LogP contribution in [0, 0.1) is 5.92 Å². The zero-order valence-electron chi connectivity index (χ0n) is 17.5. The summed E-state index contributed by atoms with van der Waals surface area (Å²) in [4.78, 5) is 4.19. The van der Waals surface area contributed by atoms with Gasteiger partial charge in [0.05, 0.1) is 12.7 Å². The molecule has 1 atom stereocenters. The molecular weight excluding hydrogens is 498 g/mol. The van der Waals surface area contributed by atoms with Crippen molar-refractivity contribution < 1.29 is 22.6 Å². The normalized spacial score (nSPS) is 13.2. The number of benzene rings is 1. The van der Waals surface area contributed by atoms with Gasteiger partial charge in [0.25, 0.3) is 0 Å². The molecule has 0 saturated heterocycles. The molecule has 0 amide bonds. The highest BCUT2D eigenvalue weighted by Crippen LogP contribution is 2.16. The predicted octanol–water partition coefficient (Wildman–Crippen LogP) is 4.50. The highest BCUT2D eigenvalue weighted by Gasteiger charge is 2.27. The van der Waals surface area contributed by atoms with Crippen molar-refractivity contribution >= 4 is 29.9 Å². The smallest absolute Gasteiger partial charge is 0.378 e. The Hall–Kier alpha value is -1.07. The minimum atomic E-state index is -4.31. The quantitative estimate of drug-likeness (QED) is 0.251. The van der Waals surface area contributed by atoms with E-state index in [0.29, 0.717) is 30.6 Å². The molecule has 0 aromatic heterocycles. The number of rotatable bonds is 11. The van der Waals surface area contributed by atoms with Crippen LogP contribution >= 0.6 is 24.0 Å². The summed E-state index contributed by atoms with van der Waals surface area (Å²) in [5, 5.41) is 6.46. The van der Waals surface area contributed by atoms with Gasteiger partial charge in [-0.3, -0.25) is 4.99 Å². The van der Waals surface area contributed by atoms with E-state index in [-0.39, 0.29) is 36.7 Å². The molecule has 0 bridgehead atoms. The highest BCUT2D eigenvalue weighted by atomic mass is 127. The maximum atomic E-state index is 12.2. The van der Waals surface area contributed by atoms with Gasteiger partial charge in [0, 0.05) is 26.7 Å². The van der Waals surface area contributed by atoms with Gasteiger partial charge in [-0.1, -0.05) is 38.1 Å². The first-order valence-corrected chi connectivity index (χ1v) is 9.53. The van der Waals surface area contributed by atoms with E-state index in [1.54, 1.807) is 19.2 Å². The first-order valence-electron chi connectivity index (χ1n) is 9.53. The Labute approximate surface area is 188 Å². The van der Waals surface area contributed by atoms with E-state index in [0.717, 1.165) is 18.5 Å². The van der Waals surface area contributed by atoms with Gasteiger partial charge in [-0.15, -0.1) is 24.0 Å². The summed E-state index contributed by atoms with van der Waals surface area (Å²) in [5.41, 5.74) is 1.63. The van der Waals surface area contributed by atoms with E-state index in [4.69, 9.17) is 9.47 Å². The molecule has 9 heteroatoms. The number of aliphatic imine (C=N–C) groups is 1. The van der Waals surface area contributed by atoms with Gasteiger partial charge in [-0.25, -0.2) is 0 Å². The fraction of sp³-hybridized carbons (Fsp3) is 0.650. The first-order chi connectivity index (χ1) is 13.2. The number of nitrogens with one attached hydrogen (secondary N) is 2. The minimum absolute atomic E-state index is 0. The van der Waals surface area contributed by atoms with Gasteiger partial charge < -0.3 is 20.1 Å². The number of hydrogen-bond acceptors (Lipinski definition) is 3. The Morgan fingerprint density at radius 1 is 1.17 bits per heavy atom. The van der Waals surface area contributed by atoms with Crippen LogP contribution in [0.25, 0.3) is 0 Å². The Morgan fingerprint density at radius 2 is 1.86 bits per heavy atom. The van der Waals surface area contributed by atoms with E-state index in [2.05, 4.69) is 29.5 Å². The van der Waals surface area contributed by atoms with Crippen molar-refractivity contribution in [2.75, 3.05) is 26.8 Å². The van der Waals surface area contributed by atoms with Crippen molar-refractivity contribution in [2.45, 2.75) is 52.6 Å². The first kappa shape index (κ1) is 27.9. The molecule has 0 heterocycles. The molecule has 2 N–H and O–H groups in total. The van der Waals surface area contributed by atoms with E-state index in [1.165, 1.54) is 0 Å². The van der Waals surface area contributed by atoms with Crippen molar-refractivity contribution in [1.29, 1.82) is 0 Å². The van der Waals surface area contributed by atoms with Crippen molar-refractivity contribution in [2.24, 2.45) is 10.9 Å². The van der Waals surface area contributed by atoms with Gasteiger partial charge in [0.1, 0.15) is 6.61 Å². The molecule has 1 aromatic rings. The summed E-state index contributed by atoms with van der Waals surface area (Å²) in [7, 11) is 1.69. The number of nitrogens with zero attached hydrogens (tertiary/aromatic N) is 1. The van der Waals surface area contributed by atoms with Crippen LogP contribution in [-0.4, -0.2) is 45.0 Å². The van der Waals surface area contributed by atoms with Crippen LogP contribution < -0.4 is 10.6 Å². The number of ether oxygens (including phenoxy) is 2. The molecule has 0 spiro atoms. The molecule has 5 nitrogen and oxygen atoms in total. The zero-order chi connectivity index (χ0) is 21.0. The van der Waals surface area contributed by atoms with Crippen LogP contribution in [0.1, 0.15) is 38.3 Å². The fourth-order valence-corrected chi connectivity index (χ4v) is 2.68. The third-order valence-electron chi connectivity index (χ3n) is 4.06. The molecule has 0 fully saturated rings. The lowest BCUT2D eigenvalue weighted by Crippen LogP contribution is -2.38. The van der Waals surface area contributed by atoms with Crippen molar-refractivity contribution in [1.82, 2.24) is 10.6 Å². The van der Waals surface area contributed by atoms with Crippen LogP contribution in [0.2, 0.25) is 0 Å². The monoisotopic (exact) mass is 531 g/mol. The lowest BCUT2D eigenvalue weighted by atomic mass is 10.0. The fourth-order valence-electron chi connectivity index (χ4n) is 2.68. The van der Waals surface area contributed by atoms with E-state index in [1.807, 2.05) is 19.1 Å². The minimum Gasteiger partial charge on any atom is -0.378 e. The van der Waals surface area contributed by atoms with Crippen LogP contribution in [0.5, 0.6) is 0 Å². The maximum absolute atomic E-state index is 12.2. The van der Waals surface area contributed by atoms with E-state index >= 15 is 0 Å². The number of alkyl halides is 3. The SMILES string of the molecule is CCOC(CCNC(=NC)NCc1cccc(COCC(F)(F)F)c1)C(C)C.I. The van der Waals surface area contributed by atoms with Crippen molar-refractivity contribution in [3.8, 4) is 0 Å². The van der Waals surface area contributed by atoms with Crippen LogP contribution in [0.15, 0.2) is 29.3 Å². The number of guanidine groups is 1. The molecule has 0 radical (unpaired) electrons. The molecular formula is C20H33F3IN3O2. The van der Waals surface area contributed by atoms with Gasteiger partial charge in [0.2, 0.25) is 0 Å². The molecule has 1 rings (SSSR count). The second-order valence-corrected chi connectivity index (χ2v) is 6.81. The second kappa shape index (κ2) is 14.8. The molecule has 168 valence electrons. The summed E-state index contributed by atoms with van der Waals surface area (Å²) in [6, 6.07) is 7.26. The molecule has 0 aliphatic rings. The summed E-state index contributed by atoms with van der Waals surface area (Å²) in [6.07, 6.45) is -3.24. The van der Waals surface area contributed by atoms with Gasteiger partial charge in [0.15, 0.2) is 5.96 Å². The van der Waals surface area contributed by atoms with Gasteiger partial charge in [-0.05, 0) is 30.4 Å². The second-order valence-electron chi connectivity index (χ2n) is 6.81. The van der Waals surface area contributed by atoms with Crippen molar-refractivity contribution in [3.63, 3.8) is 0 Å². The van der Waals surface area contributed by atoms with E-state index in [9.17, 15) is 13.2 Å². The van der Waals surface area contributed by atoms with Crippen molar-refractivity contribution in [3.05, 3.63) is 35.4 Å². The zero-order valence-corrected chi connectivity index (χ0v) is 19.8. The average molecular weight is 531 g/mol. The van der Waals surface area contributed by atoms with Gasteiger partial charge >= 0.3 is 6.18 Å². The summed E-state index contributed by atoms with van der Waals surface area (Å²) < 4.78 is 46.9. The Balaban J connectivity index is 0.00000784. The molecule has 0 aliphatic heterocycles. The standard InChI is InChI=1S/C20H32F3N3O2.HI/c1-5-28-18(15(2)3)9-10-25-19(24-4)26-12-16-7-6-8-17(11-16)13-27-14-20(21,22)23;/h6-8,11,15,18H,5,9-10,12-14H2,1-4H3,(H2,24,25,26);1H. The van der Waals surface area contributed by atoms with E-state index < -0.39 is 12.8 Å². The Bertz CT molecular complexity index is 599. The summed E-state index contributed by atoms with van der Waals surface area (Å²) >= 11 is 0. The Kier molecular flexibility index (Phi) is 14.3. The van der Waals surface area contributed by atoms with Crippen LogP contribution in [0.4, 0.5) is 13.2 Å². The summed E-state index contributed by atoms with van der Waals surface area (Å²) in [6.45, 7) is 6.88. The third kappa shape index (κ3) is 13.0. The molecule has 1 unspecified atom stereocenters. The number of halogens is 4. The molecule has 0 saturated carbocycles. The molecule has 29 heavy (non-hydrogen) atoms. The molecule has 1 aromatic carbocycles. The Morgan fingerprint density at radius 3 is 2.45 bits per heavy atom. The van der Waals surface area contributed by atoms with Crippen LogP contribution in [0.3, 0.4) is 0 Å². The molecule has 0 aliphatic carbocycles. The number of hydrogen-bond donors (Lipinski definition) is 2. The lowest BCUT2D eigenvalue weighted by Gasteiger charge is -2.21. The lowest BCUT2D eigenvalue weighted by molar-refractivity contribution is -0.176. The van der Waals surface area contributed by atoms with Crippen LogP contribution in [-0.2, 0) is 22.6 Å².